The first-order chi connectivity index (χ1) is 12.0. The van der Waals surface area contributed by atoms with Crippen molar-refractivity contribution in [3.63, 3.8) is 0 Å². The second-order valence-electron chi connectivity index (χ2n) is 6.64. The highest BCUT2D eigenvalue weighted by Crippen LogP contribution is 2.22. The van der Waals surface area contributed by atoms with Gasteiger partial charge in [0.15, 0.2) is 0 Å². The second-order valence-corrected chi connectivity index (χ2v) is 6.64. The van der Waals surface area contributed by atoms with Crippen LogP contribution in [0, 0.1) is 20.8 Å². The van der Waals surface area contributed by atoms with E-state index in [1.54, 1.807) is 0 Å². The van der Waals surface area contributed by atoms with Gasteiger partial charge in [-0.05, 0) is 39.3 Å². The number of aliphatic hydroxyl groups excluding tert-OH is 1. The minimum absolute atomic E-state index is 0.0709. The van der Waals surface area contributed by atoms with Crippen LogP contribution in [-0.2, 0) is 17.9 Å². The third-order valence-electron chi connectivity index (χ3n) is 4.92. The molecule has 1 aliphatic heterocycles. The van der Waals surface area contributed by atoms with E-state index in [1.165, 1.54) is 5.56 Å². The number of amides is 1. The summed E-state index contributed by atoms with van der Waals surface area (Å²) in [6.07, 6.45) is 0.801. The van der Waals surface area contributed by atoms with Crippen molar-refractivity contribution in [3.8, 4) is 0 Å². The van der Waals surface area contributed by atoms with Crippen LogP contribution >= 0.6 is 0 Å². The number of aryl methyl sites for hydroxylation is 2. The van der Waals surface area contributed by atoms with Crippen molar-refractivity contribution in [2.45, 2.75) is 46.3 Å². The number of carbonyl (C=O) groups excluding carboxylic acids is 1. The van der Waals surface area contributed by atoms with Gasteiger partial charge in [-0.2, -0.15) is 5.10 Å². The average Bonchev–Trinajstić information content (AvgIpc) is 3.08. The van der Waals surface area contributed by atoms with E-state index in [9.17, 15) is 4.79 Å². The minimum Gasteiger partial charge on any atom is -0.394 e. The van der Waals surface area contributed by atoms with Crippen LogP contribution in [0.5, 0.6) is 0 Å². The minimum atomic E-state index is -0.165. The quantitative estimate of drug-likeness (QED) is 0.838. The van der Waals surface area contributed by atoms with E-state index >= 15 is 0 Å². The summed E-state index contributed by atoms with van der Waals surface area (Å²) < 4.78 is 1.82. The van der Waals surface area contributed by atoms with Crippen LogP contribution in [-0.4, -0.2) is 40.0 Å². The lowest BCUT2D eigenvalue weighted by atomic mass is 10.1. The molecule has 1 aliphatic rings. The molecule has 6 heteroatoms. The molecule has 1 aromatic heterocycles. The van der Waals surface area contributed by atoms with Crippen molar-refractivity contribution < 1.29 is 9.90 Å². The van der Waals surface area contributed by atoms with Gasteiger partial charge in [0, 0.05) is 30.0 Å². The highest BCUT2D eigenvalue weighted by atomic mass is 16.3. The lowest BCUT2D eigenvalue weighted by molar-refractivity contribution is -0.118. The van der Waals surface area contributed by atoms with Crippen molar-refractivity contribution in [3.05, 3.63) is 46.8 Å². The Morgan fingerprint density at radius 1 is 1.24 bits per heavy atom. The fourth-order valence-electron chi connectivity index (χ4n) is 3.38. The Morgan fingerprint density at radius 2 is 1.96 bits per heavy atom. The van der Waals surface area contributed by atoms with Crippen LogP contribution in [0.3, 0.4) is 0 Å². The number of anilines is 1. The number of hydrogen-bond donors (Lipinski definition) is 2. The smallest absolute Gasteiger partial charge is 0.244 e. The molecular formula is C19H26N4O2. The highest BCUT2D eigenvalue weighted by molar-refractivity contribution is 5.99. The van der Waals surface area contributed by atoms with Gasteiger partial charge in [-0.15, -0.1) is 0 Å². The van der Waals surface area contributed by atoms with E-state index in [4.69, 9.17) is 5.11 Å². The van der Waals surface area contributed by atoms with Gasteiger partial charge in [-0.25, -0.2) is 0 Å². The zero-order valence-electron chi connectivity index (χ0n) is 15.1. The Kier molecular flexibility index (Phi) is 5.20. The van der Waals surface area contributed by atoms with E-state index in [-0.39, 0.29) is 18.6 Å². The highest BCUT2D eigenvalue weighted by Gasteiger charge is 2.32. The van der Waals surface area contributed by atoms with E-state index in [1.807, 2.05) is 54.6 Å². The van der Waals surface area contributed by atoms with E-state index in [0.29, 0.717) is 13.1 Å². The summed E-state index contributed by atoms with van der Waals surface area (Å²) in [5, 5.41) is 17.0. The van der Waals surface area contributed by atoms with E-state index in [0.717, 1.165) is 35.6 Å². The Balaban J connectivity index is 1.65. The molecule has 0 aliphatic carbocycles. The van der Waals surface area contributed by atoms with Gasteiger partial charge >= 0.3 is 0 Å². The molecule has 0 saturated carbocycles. The molecule has 1 saturated heterocycles. The first-order valence-electron chi connectivity index (χ1n) is 8.76. The van der Waals surface area contributed by atoms with Crippen LogP contribution in [0.25, 0.3) is 0 Å². The van der Waals surface area contributed by atoms with Gasteiger partial charge in [0.25, 0.3) is 0 Å². The normalized spacial score (nSPS) is 17.5. The summed E-state index contributed by atoms with van der Waals surface area (Å²) in [7, 11) is 0. The molecule has 1 amide bonds. The number of hydrogen-bond acceptors (Lipinski definition) is 4. The lowest BCUT2D eigenvalue weighted by Gasteiger charge is -2.17. The maximum Gasteiger partial charge on any atom is 0.244 e. The molecule has 1 atom stereocenters. The molecule has 2 N–H and O–H groups in total. The van der Waals surface area contributed by atoms with Gasteiger partial charge in [-0.3, -0.25) is 9.48 Å². The van der Waals surface area contributed by atoms with Crippen molar-refractivity contribution in [1.29, 1.82) is 0 Å². The van der Waals surface area contributed by atoms with Crippen molar-refractivity contribution in [2.24, 2.45) is 0 Å². The van der Waals surface area contributed by atoms with Gasteiger partial charge in [0.05, 0.1) is 24.9 Å². The third-order valence-corrected chi connectivity index (χ3v) is 4.92. The number of nitrogens with one attached hydrogen (secondary N) is 1. The summed E-state index contributed by atoms with van der Waals surface area (Å²) in [6.45, 7) is 7.93. The van der Waals surface area contributed by atoms with Gasteiger partial charge < -0.3 is 15.3 Å². The summed E-state index contributed by atoms with van der Waals surface area (Å²) in [5.41, 5.74) is 5.24. The van der Waals surface area contributed by atoms with Gasteiger partial charge in [0.1, 0.15) is 0 Å². The third kappa shape index (κ3) is 3.60. The number of carbonyl (C=O) groups is 1. The summed E-state index contributed by atoms with van der Waals surface area (Å²) in [5.74, 6) is 0.127. The fourth-order valence-corrected chi connectivity index (χ4v) is 3.38. The van der Waals surface area contributed by atoms with E-state index in [2.05, 4.69) is 10.4 Å². The molecule has 2 heterocycles. The molecule has 2 aromatic rings. The Bertz CT molecular complexity index is 752. The topological polar surface area (TPSA) is 70.4 Å². The molecule has 3 rings (SSSR count). The maximum absolute atomic E-state index is 12.7. The SMILES string of the molecule is Cc1ccc(N2CCC(NCc3c(C)nn(CCO)c3C)C2=O)cc1. The van der Waals surface area contributed by atoms with Crippen LogP contribution in [0.2, 0.25) is 0 Å². The summed E-state index contributed by atoms with van der Waals surface area (Å²) >= 11 is 0. The zero-order valence-corrected chi connectivity index (χ0v) is 15.1. The average molecular weight is 342 g/mol. The largest absolute Gasteiger partial charge is 0.394 e. The Hall–Kier alpha value is -2.18. The zero-order chi connectivity index (χ0) is 18.0. The van der Waals surface area contributed by atoms with Crippen LogP contribution in [0.4, 0.5) is 5.69 Å². The Morgan fingerprint density at radius 3 is 2.64 bits per heavy atom. The van der Waals surface area contributed by atoms with Crippen molar-refractivity contribution >= 4 is 11.6 Å². The number of benzene rings is 1. The maximum atomic E-state index is 12.7. The van der Waals surface area contributed by atoms with Crippen LogP contribution in [0.15, 0.2) is 24.3 Å². The van der Waals surface area contributed by atoms with Crippen LogP contribution in [0.1, 0.15) is 28.9 Å². The monoisotopic (exact) mass is 342 g/mol. The van der Waals surface area contributed by atoms with Gasteiger partial charge in [-0.1, -0.05) is 17.7 Å². The van der Waals surface area contributed by atoms with Crippen molar-refractivity contribution in [2.75, 3.05) is 18.1 Å². The lowest BCUT2D eigenvalue weighted by Crippen LogP contribution is -2.38. The Labute approximate surface area is 148 Å². The first-order valence-corrected chi connectivity index (χ1v) is 8.76. The number of aromatic nitrogens is 2. The number of rotatable bonds is 6. The first kappa shape index (κ1) is 17.6. The predicted octanol–water partition coefficient (Wildman–Crippen LogP) is 1.70. The molecule has 1 unspecified atom stereocenters. The molecule has 6 nitrogen and oxygen atoms in total. The summed E-state index contributed by atoms with van der Waals surface area (Å²) in [6, 6.07) is 7.91. The predicted molar refractivity (Wildman–Crippen MR) is 97.6 cm³/mol. The second kappa shape index (κ2) is 7.37. The van der Waals surface area contributed by atoms with Crippen LogP contribution < -0.4 is 10.2 Å². The molecule has 0 radical (unpaired) electrons. The van der Waals surface area contributed by atoms with Gasteiger partial charge in [0.2, 0.25) is 5.91 Å². The van der Waals surface area contributed by atoms with E-state index < -0.39 is 0 Å². The molecule has 25 heavy (non-hydrogen) atoms. The molecule has 1 fully saturated rings. The molecule has 134 valence electrons. The molecule has 0 spiro atoms. The number of nitrogens with zero attached hydrogens (tertiary/aromatic N) is 3. The standard InChI is InChI=1S/C19H26N4O2/c1-13-4-6-16(7-5-13)22-9-8-18(19(22)25)20-12-17-14(2)21-23(10-11-24)15(17)3/h4-7,18,20,24H,8-12H2,1-3H3. The molecular weight excluding hydrogens is 316 g/mol. The summed E-state index contributed by atoms with van der Waals surface area (Å²) in [4.78, 5) is 14.6. The fraction of sp³-hybridized carbons (Fsp3) is 0.474. The van der Waals surface area contributed by atoms with Crippen molar-refractivity contribution in [1.82, 2.24) is 15.1 Å². The molecule has 0 bridgehead atoms. The molecule has 1 aromatic carbocycles. The number of aliphatic hydroxyl groups is 1.